The Kier molecular flexibility index (Phi) is 6.04. The van der Waals surface area contributed by atoms with E-state index in [9.17, 15) is 18.0 Å². The minimum absolute atomic E-state index is 0.263. The summed E-state index contributed by atoms with van der Waals surface area (Å²) in [5.74, 6) is 0.993. The minimum atomic E-state index is -4.11. The van der Waals surface area contributed by atoms with Crippen LogP contribution in [0, 0.1) is 11.8 Å². The van der Waals surface area contributed by atoms with Gasteiger partial charge in [0, 0.05) is 13.1 Å². The number of rotatable bonds is 2. The monoisotopic (exact) mass is 350 g/mol. The molecule has 2 fully saturated rings. The lowest BCUT2D eigenvalue weighted by molar-refractivity contribution is -0.149. The fraction of sp³-hybridized carbons (Fsp3) is 0.941. The Hall–Kier alpha value is -0.980. The molecule has 0 spiro atoms. The summed E-state index contributed by atoms with van der Waals surface area (Å²) in [6.07, 6.45) is -0.876. The van der Waals surface area contributed by atoms with E-state index in [1.54, 1.807) is 4.90 Å². The third kappa shape index (κ3) is 6.15. The maximum Gasteiger partial charge on any atom is 0.410 e. The van der Waals surface area contributed by atoms with Gasteiger partial charge in [-0.25, -0.2) is 4.79 Å². The summed E-state index contributed by atoms with van der Waals surface area (Å²) in [6, 6.07) is 0. The van der Waals surface area contributed by atoms with E-state index in [1.807, 2.05) is 20.8 Å². The lowest BCUT2D eigenvalue weighted by Crippen LogP contribution is -2.45. The van der Waals surface area contributed by atoms with Crippen LogP contribution >= 0.6 is 0 Å². The summed E-state index contributed by atoms with van der Waals surface area (Å²) in [5, 5.41) is 0. The molecule has 0 aliphatic carbocycles. The van der Waals surface area contributed by atoms with Crippen molar-refractivity contribution in [1.29, 1.82) is 0 Å². The van der Waals surface area contributed by atoms with Crippen molar-refractivity contribution in [3.8, 4) is 0 Å². The number of halogens is 3. The molecule has 4 nitrogen and oxygen atoms in total. The fourth-order valence-corrected chi connectivity index (χ4v) is 3.72. The van der Waals surface area contributed by atoms with Crippen LogP contribution in [-0.4, -0.2) is 60.4 Å². The molecule has 7 heteroatoms. The van der Waals surface area contributed by atoms with Crippen LogP contribution in [0.2, 0.25) is 0 Å². The molecular weight excluding hydrogens is 321 g/mol. The number of nitrogens with zero attached hydrogens (tertiary/aromatic N) is 2. The number of ether oxygens (including phenoxy) is 1. The first-order valence-corrected chi connectivity index (χ1v) is 8.80. The Labute approximate surface area is 142 Å². The first-order chi connectivity index (χ1) is 11.0. The van der Waals surface area contributed by atoms with Crippen LogP contribution in [0.1, 0.15) is 46.5 Å². The number of hydrogen-bond donors (Lipinski definition) is 0. The number of hydrogen-bond acceptors (Lipinski definition) is 3. The van der Waals surface area contributed by atoms with Gasteiger partial charge >= 0.3 is 12.3 Å². The van der Waals surface area contributed by atoms with E-state index >= 15 is 0 Å². The molecule has 0 unspecified atom stereocenters. The summed E-state index contributed by atoms with van der Waals surface area (Å²) in [7, 11) is 0. The minimum Gasteiger partial charge on any atom is -0.444 e. The van der Waals surface area contributed by atoms with Crippen LogP contribution in [0.5, 0.6) is 0 Å². The molecule has 0 N–H and O–H groups in total. The lowest BCUT2D eigenvalue weighted by Gasteiger charge is -2.40. The molecule has 0 bridgehead atoms. The van der Waals surface area contributed by atoms with Crippen LogP contribution < -0.4 is 0 Å². The normalized spacial score (nSPS) is 22.7. The van der Waals surface area contributed by atoms with E-state index in [1.165, 1.54) is 4.90 Å². The summed E-state index contributed by atoms with van der Waals surface area (Å²) in [5.41, 5.74) is -0.487. The zero-order valence-electron chi connectivity index (χ0n) is 14.9. The van der Waals surface area contributed by atoms with E-state index in [4.69, 9.17) is 4.74 Å². The fourth-order valence-electron chi connectivity index (χ4n) is 3.72. The molecule has 2 aliphatic rings. The van der Waals surface area contributed by atoms with Gasteiger partial charge in [0.15, 0.2) is 0 Å². The second-order valence-electron chi connectivity index (χ2n) is 8.03. The maximum atomic E-state index is 12.4. The largest absolute Gasteiger partial charge is 0.444 e. The zero-order valence-corrected chi connectivity index (χ0v) is 14.9. The van der Waals surface area contributed by atoms with Gasteiger partial charge in [-0.05, 0) is 71.4 Å². The van der Waals surface area contributed by atoms with Crippen molar-refractivity contribution in [1.82, 2.24) is 9.80 Å². The Morgan fingerprint density at radius 1 is 0.958 bits per heavy atom. The van der Waals surface area contributed by atoms with Crippen molar-refractivity contribution < 1.29 is 22.7 Å². The number of carbonyl (C=O) groups is 1. The van der Waals surface area contributed by atoms with Gasteiger partial charge in [0.05, 0.1) is 6.54 Å². The molecule has 2 aliphatic heterocycles. The third-order valence-electron chi connectivity index (χ3n) is 4.89. The quantitative estimate of drug-likeness (QED) is 0.757. The molecule has 0 saturated carbocycles. The van der Waals surface area contributed by atoms with E-state index < -0.39 is 18.3 Å². The predicted molar refractivity (Wildman–Crippen MR) is 85.8 cm³/mol. The predicted octanol–water partition coefficient (Wildman–Crippen LogP) is 3.91. The SMILES string of the molecule is CC(C)(C)OC(=O)N1CCC(C2CCN(CC(F)(F)F)CC2)CC1. The van der Waals surface area contributed by atoms with Gasteiger partial charge in [0.25, 0.3) is 0 Å². The molecule has 2 heterocycles. The van der Waals surface area contributed by atoms with Crippen molar-refractivity contribution in [3.05, 3.63) is 0 Å². The van der Waals surface area contributed by atoms with Gasteiger partial charge in [0.2, 0.25) is 0 Å². The topological polar surface area (TPSA) is 32.8 Å². The van der Waals surface area contributed by atoms with E-state index in [-0.39, 0.29) is 6.09 Å². The highest BCUT2D eigenvalue weighted by atomic mass is 19.4. The number of alkyl halides is 3. The van der Waals surface area contributed by atoms with Gasteiger partial charge in [0.1, 0.15) is 5.60 Å². The molecular formula is C17H29F3N2O2. The van der Waals surface area contributed by atoms with Crippen molar-refractivity contribution in [2.24, 2.45) is 11.8 Å². The highest BCUT2D eigenvalue weighted by molar-refractivity contribution is 5.68. The van der Waals surface area contributed by atoms with E-state index in [0.717, 1.165) is 25.7 Å². The molecule has 0 radical (unpaired) electrons. The lowest BCUT2D eigenvalue weighted by atomic mass is 9.79. The first-order valence-electron chi connectivity index (χ1n) is 8.80. The highest BCUT2D eigenvalue weighted by Gasteiger charge is 2.35. The highest BCUT2D eigenvalue weighted by Crippen LogP contribution is 2.33. The molecule has 1 amide bonds. The second-order valence-corrected chi connectivity index (χ2v) is 8.03. The van der Waals surface area contributed by atoms with Crippen molar-refractivity contribution in [2.45, 2.75) is 58.2 Å². The van der Waals surface area contributed by atoms with Crippen molar-refractivity contribution in [3.63, 3.8) is 0 Å². The molecule has 0 atom stereocenters. The van der Waals surface area contributed by atoms with E-state index in [0.29, 0.717) is 38.0 Å². The summed E-state index contributed by atoms with van der Waals surface area (Å²) >= 11 is 0. The third-order valence-corrected chi connectivity index (χ3v) is 4.89. The average molecular weight is 350 g/mol. The van der Waals surface area contributed by atoms with Crippen LogP contribution in [-0.2, 0) is 4.74 Å². The second kappa shape index (κ2) is 7.50. The number of amides is 1. The molecule has 0 aromatic heterocycles. The van der Waals surface area contributed by atoms with Crippen LogP contribution in [0.15, 0.2) is 0 Å². The van der Waals surface area contributed by atoms with E-state index in [2.05, 4.69) is 0 Å². The Balaban J connectivity index is 1.73. The summed E-state index contributed by atoms with van der Waals surface area (Å²) in [6.45, 7) is 7.18. The average Bonchev–Trinajstić information content (AvgIpc) is 2.45. The molecule has 0 aromatic carbocycles. The molecule has 2 saturated heterocycles. The Morgan fingerprint density at radius 2 is 1.42 bits per heavy atom. The van der Waals surface area contributed by atoms with Crippen molar-refractivity contribution in [2.75, 3.05) is 32.7 Å². The molecule has 24 heavy (non-hydrogen) atoms. The zero-order chi connectivity index (χ0) is 18.0. The molecule has 2 rings (SSSR count). The summed E-state index contributed by atoms with van der Waals surface area (Å²) in [4.78, 5) is 15.3. The summed E-state index contributed by atoms with van der Waals surface area (Å²) < 4.78 is 42.7. The molecule has 0 aromatic rings. The van der Waals surface area contributed by atoms with Crippen molar-refractivity contribution >= 4 is 6.09 Å². The molecule has 140 valence electrons. The standard InChI is InChI=1S/C17H29F3N2O2/c1-16(2,3)24-15(23)22-10-6-14(7-11-22)13-4-8-21(9-5-13)12-17(18,19)20/h13-14H,4-12H2,1-3H3. The van der Waals surface area contributed by atoms with Gasteiger partial charge in [-0.3, -0.25) is 4.90 Å². The number of likely N-dealkylation sites (tertiary alicyclic amines) is 2. The number of carbonyl (C=O) groups excluding carboxylic acids is 1. The van der Waals surface area contributed by atoms with Crippen LogP contribution in [0.3, 0.4) is 0 Å². The Morgan fingerprint density at radius 3 is 1.83 bits per heavy atom. The first kappa shape index (κ1) is 19.3. The van der Waals surface area contributed by atoms with Gasteiger partial charge in [-0.2, -0.15) is 13.2 Å². The maximum absolute atomic E-state index is 12.4. The Bertz CT molecular complexity index is 419. The number of piperidine rings is 2. The van der Waals surface area contributed by atoms with Gasteiger partial charge in [-0.1, -0.05) is 0 Å². The van der Waals surface area contributed by atoms with Gasteiger partial charge < -0.3 is 9.64 Å². The van der Waals surface area contributed by atoms with Crippen LogP contribution in [0.4, 0.5) is 18.0 Å². The smallest absolute Gasteiger partial charge is 0.410 e. The van der Waals surface area contributed by atoms with Gasteiger partial charge in [-0.15, -0.1) is 0 Å². The van der Waals surface area contributed by atoms with Crippen LogP contribution in [0.25, 0.3) is 0 Å².